The van der Waals surface area contributed by atoms with E-state index < -0.39 is 0 Å². The number of hydrogen-bond acceptors (Lipinski definition) is 2. The number of anilines is 1. The summed E-state index contributed by atoms with van der Waals surface area (Å²) in [5, 5.41) is 2.83. The van der Waals surface area contributed by atoms with Gasteiger partial charge in [-0.15, -0.1) is 11.3 Å². The number of allylic oxidation sites excluding steroid dienone is 1. The highest BCUT2D eigenvalue weighted by Gasteiger charge is 2.23. The summed E-state index contributed by atoms with van der Waals surface area (Å²) in [6.07, 6.45) is 2.36. The first kappa shape index (κ1) is 48.1. The van der Waals surface area contributed by atoms with Crippen LogP contribution in [0, 0.1) is 26.7 Å². The van der Waals surface area contributed by atoms with E-state index in [1.807, 2.05) is 84.1 Å². The van der Waals surface area contributed by atoms with Crippen LogP contribution in [0.5, 0.6) is 0 Å². The Morgan fingerprint density at radius 3 is 1.68 bits per heavy atom. The molecule has 2 atom stereocenters. The van der Waals surface area contributed by atoms with E-state index >= 15 is 0 Å². The molecule has 0 bridgehead atoms. The molecule has 0 aliphatic rings. The monoisotopic (exact) mass is 848 g/mol. The normalized spacial score (nSPS) is 11.7. The Bertz CT molecular complexity index is 2730. The topological polar surface area (TPSA) is 26.0 Å². The van der Waals surface area contributed by atoms with E-state index in [1.165, 1.54) is 82.2 Å². The van der Waals surface area contributed by atoms with E-state index in [4.69, 9.17) is 5.73 Å². The highest BCUT2D eigenvalue weighted by Crippen LogP contribution is 2.47. The number of para-hydroxylation sites is 1. The first-order valence-electron chi connectivity index (χ1n) is 22.7. The molecular formula is C61H69NS. The van der Waals surface area contributed by atoms with Crippen LogP contribution >= 0.6 is 11.3 Å². The molecule has 0 aliphatic heterocycles. The van der Waals surface area contributed by atoms with Crippen molar-refractivity contribution >= 4 is 42.8 Å². The van der Waals surface area contributed by atoms with Crippen molar-refractivity contribution in [3.05, 3.63) is 215 Å². The van der Waals surface area contributed by atoms with E-state index in [2.05, 4.69) is 167 Å². The molecule has 2 unspecified atom stereocenters. The fourth-order valence-electron chi connectivity index (χ4n) is 7.99. The average Bonchev–Trinajstić information content (AvgIpc) is 3.68. The Balaban J connectivity index is 0.000000209. The Kier molecular flexibility index (Phi) is 17.5. The largest absolute Gasteiger partial charge is 0.398 e. The summed E-state index contributed by atoms with van der Waals surface area (Å²) in [7, 11) is 0. The Morgan fingerprint density at radius 1 is 0.571 bits per heavy atom. The predicted molar refractivity (Wildman–Crippen MR) is 283 cm³/mol. The molecule has 2 N–H and O–H groups in total. The van der Waals surface area contributed by atoms with E-state index in [0.29, 0.717) is 17.8 Å². The van der Waals surface area contributed by atoms with Gasteiger partial charge in [0.1, 0.15) is 0 Å². The number of hydrogen-bond donors (Lipinski definition) is 1. The number of aryl methyl sites for hydroxylation is 3. The molecule has 1 heterocycles. The average molecular weight is 848 g/mol. The molecule has 8 rings (SSSR count). The van der Waals surface area contributed by atoms with Gasteiger partial charge >= 0.3 is 0 Å². The summed E-state index contributed by atoms with van der Waals surface area (Å²) in [6, 6.07) is 55.4. The third-order valence-electron chi connectivity index (χ3n) is 12.2. The Labute approximate surface area is 384 Å². The van der Waals surface area contributed by atoms with E-state index in [-0.39, 0.29) is 0 Å². The zero-order valence-electron chi connectivity index (χ0n) is 39.6. The molecule has 63 heavy (non-hydrogen) atoms. The lowest BCUT2D eigenvalue weighted by atomic mass is 9.80. The summed E-state index contributed by atoms with van der Waals surface area (Å²) < 4.78 is 2.76. The van der Waals surface area contributed by atoms with E-state index in [0.717, 1.165) is 28.8 Å². The van der Waals surface area contributed by atoms with Crippen LogP contribution in [0.1, 0.15) is 112 Å². The van der Waals surface area contributed by atoms with Gasteiger partial charge in [0.15, 0.2) is 0 Å². The molecule has 2 heteroatoms. The lowest BCUT2D eigenvalue weighted by molar-refractivity contribution is 0.658. The highest BCUT2D eigenvalue weighted by atomic mass is 32.1. The van der Waals surface area contributed by atoms with Gasteiger partial charge in [-0.3, -0.25) is 0 Å². The molecule has 0 amide bonds. The van der Waals surface area contributed by atoms with Gasteiger partial charge in [0, 0.05) is 31.4 Å². The van der Waals surface area contributed by atoms with Crippen LogP contribution in [0.2, 0.25) is 0 Å². The van der Waals surface area contributed by atoms with Crippen LogP contribution in [-0.4, -0.2) is 0 Å². The van der Waals surface area contributed by atoms with Gasteiger partial charge in [-0.25, -0.2) is 0 Å². The molecule has 0 radical (unpaired) electrons. The summed E-state index contributed by atoms with van der Waals surface area (Å²) in [4.78, 5) is 0. The molecule has 324 valence electrons. The van der Waals surface area contributed by atoms with Crippen LogP contribution in [0.4, 0.5) is 5.69 Å². The smallest absolute Gasteiger partial charge is 0.0393 e. The summed E-state index contributed by atoms with van der Waals surface area (Å²) in [6.45, 7) is 30.3. The Hall–Kier alpha value is -5.96. The van der Waals surface area contributed by atoms with Gasteiger partial charge in [-0.05, 0) is 132 Å². The first-order chi connectivity index (χ1) is 30.3. The SMILES string of the molecule is C=C(C)C(C)CC.C=C(c1ccccc1)c1ccccc1N.CCC(C)c1ccccc1-c1c(C)ccc(C)c1-c1ccc2sc3ccccc3c2c1C(C)C.Cc1ccccc1. The molecule has 1 aromatic heterocycles. The second kappa shape index (κ2) is 22.9. The zero-order chi connectivity index (χ0) is 45.6. The number of thiophene rings is 1. The maximum Gasteiger partial charge on any atom is 0.0393 e. The fourth-order valence-corrected chi connectivity index (χ4v) is 9.11. The molecule has 8 aromatic rings. The molecule has 0 saturated carbocycles. The minimum Gasteiger partial charge on any atom is -0.398 e. The second-order valence-electron chi connectivity index (χ2n) is 17.2. The van der Waals surface area contributed by atoms with Crippen LogP contribution < -0.4 is 5.73 Å². The van der Waals surface area contributed by atoms with Crippen molar-refractivity contribution in [2.24, 2.45) is 5.92 Å². The first-order valence-corrected chi connectivity index (χ1v) is 23.5. The highest BCUT2D eigenvalue weighted by molar-refractivity contribution is 7.25. The Morgan fingerprint density at radius 2 is 1.13 bits per heavy atom. The van der Waals surface area contributed by atoms with Crippen molar-refractivity contribution in [2.75, 3.05) is 5.73 Å². The quantitative estimate of drug-likeness (QED) is 0.114. The van der Waals surface area contributed by atoms with Crippen LogP contribution in [0.15, 0.2) is 176 Å². The third-order valence-corrected chi connectivity index (χ3v) is 13.4. The molecular weight excluding hydrogens is 779 g/mol. The van der Waals surface area contributed by atoms with E-state index in [1.54, 1.807) is 0 Å². The van der Waals surface area contributed by atoms with Crippen molar-refractivity contribution in [3.8, 4) is 22.3 Å². The van der Waals surface area contributed by atoms with Gasteiger partial charge in [-0.1, -0.05) is 205 Å². The minimum absolute atomic E-state index is 0.425. The zero-order valence-corrected chi connectivity index (χ0v) is 40.4. The number of nitrogens with two attached hydrogens (primary N) is 1. The summed E-state index contributed by atoms with van der Waals surface area (Å²) in [5.41, 5.74) is 23.6. The standard InChI is InChI=1S/C33H34S.C14H13N.C7H8.C7H14/c1-7-21(4)24-12-8-9-13-25(24)31-22(5)16-17-23(6)32(31)27-18-19-29-33(30(27)20(2)3)26-14-10-11-15-28(26)34-29;1-11(12-7-3-2-4-8-12)13-9-5-6-10-14(13)15;1-7-5-3-2-4-6-7;1-5-7(4)6(2)3/h8-21H,7H2,1-6H3;2-10H,1,15H2;2-6H,1H3;7H,2,5H2,1,3-4H3. The molecule has 7 aromatic carbocycles. The predicted octanol–water partition coefficient (Wildman–Crippen LogP) is 18.6. The third kappa shape index (κ3) is 11.9. The molecule has 1 nitrogen and oxygen atoms in total. The van der Waals surface area contributed by atoms with Crippen molar-refractivity contribution in [3.63, 3.8) is 0 Å². The van der Waals surface area contributed by atoms with Gasteiger partial charge in [0.05, 0.1) is 0 Å². The molecule has 0 aliphatic carbocycles. The lowest BCUT2D eigenvalue weighted by Gasteiger charge is -2.24. The van der Waals surface area contributed by atoms with Gasteiger partial charge in [0.25, 0.3) is 0 Å². The second-order valence-corrected chi connectivity index (χ2v) is 18.3. The number of rotatable bonds is 9. The molecule has 0 fully saturated rings. The van der Waals surface area contributed by atoms with Gasteiger partial charge in [-0.2, -0.15) is 0 Å². The summed E-state index contributed by atoms with van der Waals surface area (Å²) in [5.74, 6) is 1.66. The van der Waals surface area contributed by atoms with Crippen molar-refractivity contribution < 1.29 is 0 Å². The minimum atomic E-state index is 0.425. The fraction of sp³-hybridized carbons (Fsp3) is 0.246. The van der Waals surface area contributed by atoms with Crippen LogP contribution in [0.3, 0.4) is 0 Å². The van der Waals surface area contributed by atoms with Crippen molar-refractivity contribution in [1.29, 1.82) is 0 Å². The van der Waals surface area contributed by atoms with E-state index in [9.17, 15) is 0 Å². The maximum absolute atomic E-state index is 5.90. The number of benzene rings is 7. The van der Waals surface area contributed by atoms with Crippen molar-refractivity contribution in [1.82, 2.24) is 0 Å². The van der Waals surface area contributed by atoms with Crippen LogP contribution in [0.25, 0.3) is 48.0 Å². The lowest BCUT2D eigenvalue weighted by Crippen LogP contribution is -2.01. The number of fused-ring (bicyclic) bond motifs is 3. The molecule has 0 spiro atoms. The number of nitrogen functional groups attached to an aromatic ring is 1. The molecule has 0 saturated heterocycles. The van der Waals surface area contributed by atoms with Gasteiger partial charge < -0.3 is 5.73 Å². The van der Waals surface area contributed by atoms with Gasteiger partial charge in [0.2, 0.25) is 0 Å². The summed E-state index contributed by atoms with van der Waals surface area (Å²) >= 11 is 1.91. The van der Waals surface area contributed by atoms with Crippen LogP contribution in [-0.2, 0) is 0 Å². The van der Waals surface area contributed by atoms with Crippen molar-refractivity contribution in [2.45, 2.75) is 93.9 Å². The maximum atomic E-state index is 5.90.